The van der Waals surface area contributed by atoms with Gasteiger partial charge in [0.25, 0.3) is 0 Å². The predicted molar refractivity (Wildman–Crippen MR) is 140 cm³/mol. The highest BCUT2D eigenvalue weighted by molar-refractivity contribution is 7.91. The van der Waals surface area contributed by atoms with Gasteiger partial charge in [0.05, 0.1) is 13.0 Å². The Bertz CT molecular complexity index is 1460. The van der Waals surface area contributed by atoms with Crippen molar-refractivity contribution >= 4 is 38.7 Å². The number of sulfone groups is 1. The van der Waals surface area contributed by atoms with Crippen molar-refractivity contribution in [3.63, 3.8) is 0 Å². The fraction of sp³-hybridized carbons (Fsp3) is 0.458. The summed E-state index contributed by atoms with van der Waals surface area (Å²) in [5, 5.41) is 9.06. The second kappa shape index (κ2) is 12.5. The molecule has 0 atom stereocenters. The maximum absolute atomic E-state index is 12.8. The highest BCUT2D eigenvalue weighted by Crippen LogP contribution is 2.18. The largest absolute Gasteiger partial charge is 0.481 e. The molecule has 0 aliphatic heterocycles. The number of ether oxygens (including phenoxy) is 1. The van der Waals surface area contributed by atoms with E-state index in [1.54, 1.807) is 24.3 Å². The van der Waals surface area contributed by atoms with Crippen LogP contribution in [0.25, 0.3) is 11.2 Å². The molecule has 13 nitrogen and oxygen atoms in total. The fourth-order valence-corrected chi connectivity index (χ4v) is 4.50. The number of carbonyl (C=O) groups excluding carboxylic acids is 1. The standard InChI is InChI=1S/C24H32N6O7S/c1-3-4-11-37-23-27-21(25)20-22(28-23)30(24(34)26-20)10-6-9-29(18(31)15-38(2,35)36)14-17-8-5-7-16(12-17)13-19(32)33/h5,7-8,12H,3-4,6,9-11,13-15H2,1-2H3,(H,26,34)(H,32,33)(H2,25,27,28). The number of nitrogen functional groups attached to an aromatic ring is 1. The van der Waals surface area contributed by atoms with Crippen LogP contribution in [0.3, 0.4) is 0 Å². The third-order valence-electron chi connectivity index (χ3n) is 5.63. The van der Waals surface area contributed by atoms with Crippen LogP contribution >= 0.6 is 0 Å². The number of anilines is 1. The van der Waals surface area contributed by atoms with Crippen molar-refractivity contribution in [2.24, 2.45) is 0 Å². The lowest BCUT2D eigenvalue weighted by Gasteiger charge is -2.23. The SMILES string of the molecule is CCCCOc1nc(N)c2[nH]c(=O)n(CCCN(Cc3cccc(CC(=O)O)c3)C(=O)CS(C)(=O)=O)c2n1. The number of amides is 1. The maximum atomic E-state index is 12.8. The number of carboxylic acid groups (broad SMARTS) is 1. The van der Waals surface area contributed by atoms with Crippen LogP contribution in [0.15, 0.2) is 29.1 Å². The van der Waals surface area contributed by atoms with Gasteiger partial charge in [-0.15, -0.1) is 0 Å². The fourth-order valence-electron chi connectivity index (χ4n) is 3.87. The van der Waals surface area contributed by atoms with Crippen LogP contribution in [-0.2, 0) is 38.9 Å². The number of benzene rings is 1. The van der Waals surface area contributed by atoms with Crippen molar-refractivity contribution in [1.29, 1.82) is 0 Å². The van der Waals surface area contributed by atoms with Crippen LogP contribution in [0.2, 0.25) is 0 Å². The minimum Gasteiger partial charge on any atom is -0.481 e. The molecular formula is C24H32N6O7S. The first kappa shape index (κ1) is 28.6. The third-order valence-corrected chi connectivity index (χ3v) is 6.40. The summed E-state index contributed by atoms with van der Waals surface area (Å²) in [6, 6.07) is 6.80. The molecule has 3 aromatic rings. The highest BCUT2D eigenvalue weighted by Gasteiger charge is 2.20. The number of nitrogens with zero attached hydrogens (tertiary/aromatic N) is 4. The molecular weight excluding hydrogens is 516 g/mol. The van der Waals surface area contributed by atoms with E-state index in [-0.39, 0.29) is 49.0 Å². The first-order valence-electron chi connectivity index (χ1n) is 12.1. The number of H-pyrrole nitrogens is 1. The zero-order valence-corrected chi connectivity index (χ0v) is 22.2. The molecule has 0 aliphatic rings. The summed E-state index contributed by atoms with van der Waals surface area (Å²) in [6.07, 6.45) is 2.83. The van der Waals surface area contributed by atoms with Gasteiger partial charge >= 0.3 is 17.7 Å². The van der Waals surface area contributed by atoms with Crippen LogP contribution in [0.1, 0.15) is 37.3 Å². The normalized spacial score (nSPS) is 11.5. The molecule has 3 rings (SSSR count). The van der Waals surface area contributed by atoms with E-state index < -0.39 is 33.2 Å². The van der Waals surface area contributed by atoms with Crippen molar-refractivity contribution in [3.05, 3.63) is 45.9 Å². The van der Waals surface area contributed by atoms with Gasteiger partial charge in [-0.3, -0.25) is 14.2 Å². The minimum absolute atomic E-state index is 0.0578. The lowest BCUT2D eigenvalue weighted by atomic mass is 10.1. The topological polar surface area (TPSA) is 191 Å². The molecule has 0 radical (unpaired) electrons. The quantitative estimate of drug-likeness (QED) is 0.245. The highest BCUT2D eigenvalue weighted by atomic mass is 32.2. The number of aryl methyl sites for hydroxylation is 1. The lowest BCUT2D eigenvalue weighted by molar-refractivity contribution is -0.136. The van der Waals surface area contributed by atoms with Gasteiger partial charge in [-0.1, -0.05) is 37.6 Å². The van der Waals surface area contributed by atoms with Gasteiger partial charge in [0.1, 0.15) is 11.3 Å². The van der Waals surface area contributed by atoms with Gasteiger partial charge < -0.3 is 25.5 Å². The van der Waals surface area contributed by atoms with Crippen LogP contribution in [0.5, 0.6) is 6.01 Å². The van der Waals surface area contributed by atoms with E-state index in [9.17, 15) is 22.8 Å². The summed E-state index contributed by atoms with van der Waals surface area (Å²) in [4.78, 5) is 48.9. The number of hydrogen-bond donors (Lipinski definition) is 3. The van der Waals surface area contributed by atoms with Gasteiger partial charge in [0, 0.05) is 25.9 Å². The lowest BCUT2D eigenvalue weighted by Crippen LogP contribution is -2.36. The van der Waals surface area contributed by atoms with Crippen molar-refractivity contribution < 1.29 is 27.9 Å². The zero-order chi connectivity index (χ0) is 27.9. The number of hydrogen-bond acceptors (Lipinski definition) is 9. The zero-order valence-electron chi connectivity index (χ0n) is 21.3. The van der Waals surface area contributed by atoms with Gasteiger partial charge in [-0.25, -0.2) is 13.2 Å². The second-order valence-electron chi connectivity index (χ2n) is 9.00. The van der Waals surface area contributed by atoms with E-state index in [1.165, 1.54) is 9.47 Å². The van der Waals surface area contributed by atoms with Gasteiger partial charge in [0.2, 0.25) is 5.91 Å². The van der Waals surface area contributed by atoms with Gasteiger partial charge in [0.15, 0.2) is 21.3 Å². The monoisotopic (exact) mass is 548 g/mol. The molecule has 0 spiro atoms. The molecule has 4 N–H and O–H groups in total. The van der Waals surface area contributed by atoms with Crippen LogP contribution in [0, 0.1) is 0 Å². The first-order chi connectivity index (χ1) is 18.0. The number of fused-ring (bicyclic) bond motifs is 1. The summed E-state index contributed by atoms with van der Waals surface area (Å²) in [5.74, 6) is -2.18. The summed E-state index contributed by atoms with van der Waals surface area (Å²) in [7, 11) is -3.58. The maximum Gasteiger partial charge on any atom is 0.327 e. The van der Waals surface area contributed by atoms with Gasteiger partial charge in [-0.2, -0.15) is 9.97 Å². The van der Waals surface area contributed by atoms with Crippen molar-refractivity contribution in [3.8, 4) is 6.01 Å². The number of imidazole rings is 1. The van der Waals surface area contributed by atoms with Crippen molar-refractivity contribution in [2.45, 2.75) is 45.7 Å². The van der Waals surface area contributed by atoms with E-state index >= 15 is 0 Å². The average molecular weight is 549 g/mol. The van der Waals surface area contributed by atoms with E-state index in [0.717, 1.165) is 19.1 Å². The van der Waals surface area contributed by atoms with Crippen LogP contribution in [-0.4, -0.2) is 75.0 Å². The molecule has 38 heavy (non-hydrogen) atoms. The molecule has 2 aromatic heterocycles. The Morgan fingerprint density at radius 2 is 1.95 bits per heavy atom. The Kier molecular flexibility index (Phi) is 9.45. The summed E-state index contributed by atoms with van der Waals surface area (Å²) < 4.78 is 30.5. The molecule has 0 aliphatic carbocycles. The van der Waals surface area contributed by atoms with Crippen molar-refractivity contribution in [1.82, 2.24) is 24.4 Å². The summed E-state index contributed by atoms with van der Waals surface area (Å²) >= 11 is 0. The van der Waals surface area contributed by atoms with Gasteiger partial charge in [-0.05, 0) is 24.0 Å². The van der Waals surface area contributed by atoms with E-state index in [4.69, 9.17) is 15.6 Å². The molecule has 2 heterocycles. The Hall–Kier alpha value is -3.94. The number of aromatic nitrogens is 4. The van der Waals surface area contributed by atoms with E-state index in [2.05, 4.69) is 15.0 Å². The molecule has 0 saturated carbocycles. The summed E-state index contributed by atoms with van der Waals surface area (Å²) in [5.41, 5.74) is 7.29. The second-order valence-corrected chi connectivity index (χ2v) is 11.1. The molecule has 0 fully saturated rings. The number of carbonyl (C=O) groups is 2. The number of nitrogens with one attached hydrogen (secondary N) is 1. The van der Waals surface area contributed by atoms with Crippen molar-refractivity contribution in [2.75, 3.05) is 30.9 Å². The Morgan fingerprint density at radius 3 is 2.63 bits per heavy atom. The minimum atomic E-state index is -3.58. The van der Waals surface area contributed by atoms with E-state index in [0.29, 0.717) is 24.2 Å². The molecule has 0 saturated heterocycles. The molecule has 0 bridgehead atoms. The average Bonchev–Trinajstić information content (AvgIpc) is 3.13. The van der Waals surface area contributed by atoms with E-state index in [1.807, 2.05) is 6.92 Å². The number of aliphatic carboxylic acids is 1. The van der Waals surface area contributed by atoms with Crippen LogP contribution in [0.4, 0.5) is 5.82 Å². The smallest absolute Gasteiger partial charge is 0.327 e. The Balaban J connectivity index is 1.79. The molecule has 1 amide bonds. The summed E-state index contributed by atoms with van der Waals surface area (Å²) in [6.45, 7) is 2.79. The number of aromatic amines is 1. The Labute approximate surface area is 219 Å². The first-order valence-corrected chi connectivity index (χ1v) is 14.2. The molecule has 14 heteroatoms. The van der Waals surface area contributed by atoms with Crippen LogP contribution < -0.4 is 16.2 Å². The predicted octanol–water partition coefficient (Wildman–Crippen LogP) is 0.971. The number of carboxylic acids is 1. The Morgan fingerprint density at radius 1 is 1.21 bits per heavy atom. The molecule has 0 unspecified atom stereocenters. The number of rotatable bonds is 14. The third kappa shape index (κ3) is 8.03. The molecule has 206 valence electrons. The number of nitrogens with two attached hydrogens (primary N) is 1. The number of unbranched alkanes of at least 4 members (excludes halogenated alkanes) is 1. The molecule has 1 aromatic carbocycles.